The first-order valence-electron chi connectivity index (χ1n) is 13.5. The number of ether oxygens (including phenoxy) is 3. The normalized spacial score (nSPS) is 11.8. The van der Waals surface area contributed by atoms with E-state index in [1.54, 1.807) is 46.8 Å². The molecule has 9 nitrogen and oxygen atoms in total. The summed E-state index contributed by atoms with van der Waals surface area (Å²) >= 11 is 7.41. The number of rotatable bonds is 9. The Balaban J connectivity index is 1.45. The number of nitrogens with zero attached hydrogens (tertiary/aromatic N) is 2. The predicted octanol–water partition coefficient (Wildman–Crippen LogP) is 6.56. The second kappa shape index (κ2) is 12.5. The minimum Gasteiger partial charge on any atom is -0.489 e. The molecule has 0 saturated heterocycles. The maximum Gasteiger partial charge on any atom is 0.408 e. The largest absolute Gasteiger partial charge is 0.489 e. The summed E-state index contributed by atoms with van der Waals surface area (Å²) in [4.78, 5) is 43.0. The van der Waals surface area contributed by atoms with Crippen molar-refractivity contribution in [3.63, 3.8) is 0 Å². The maximum absolute atomic E-state index is 13.4. The third kappa shape index (κ3) is 7.89. The average molecular weight is 612 g/mol. The van der Waals surface area contributed by atoms with Gasteiger partial charge in [0.05, 0.1) is 11.2 Å². The van der Waals surface area contributed by atoms with E-state index in [0.29, 0.717) is 33.1 Å². The molecule has 1 N–H and O–H groups in total. The number of hydrogen-bond donors (Lipinski definition) is 1. The number of halogens is 1. The predicted molar refractivity (Wildman–Crippen MR) is 165 cm³/mol. The first kappa shape index (κ1) is 31.1. The van der Waals surface area contributed by atoms with Crippen LogP contribution in [-0.4, -0.2) is 46.0 Å². The number of carbonyl (C=O) groups is 2. The molecule has 2 aromatic carbocycles. The lowest BCUT2D eigenvalue weighted by Crippen LogP contribution is -2.40. The van der Waals surface area contributed by atoms with Crippen LogP contribution >= 0.6 is 22.9 Å². The molecule has 0 bridgehead atoms. The molecule has 0 aliphatic carbocycles. The minimum atomic E-state index is -0.969. The molecule has 42 heavy (non-hydrogen) atoms. The smallest absolute Gasteiger partial charge is 0.408 e. The molecule has 2 heterocycles. The van der Waals surface area contributed by atoms with E-state index in [4.69, 9.17) is 25.8 Å². The number of amides is 1. The molecule has 0 atom stereocenters. The van der Waals surface area contributed by atoms with Gasteiger partial charge in [0.1, 0.15) is 41.1 Å². The Bertz CT molecular complexity index is 1650. The summed E-state index contributed by atoms with van der Waals surface area (Å²) in [6.45, 7) is 10.4. The van der Waals surface area contributed by atoms with E-state index in [0.717, 1.165) is 16.0 Å². The standard InChI is InChI=1S/C31H34ClN3O6S/c1-7-19-14-22(35-18-34-23-15-25(42-27(23)28(35)37)20-8-10-21(32)11-9-20)12-13-24(19)39-17-31(5,6)40-26(36)16-33-29(38)41-30(2,3)4/h8-15,18H,7,16-17H2,1-6H3,(H,33,38). The van der Waals surface area contributed by atoms with Gasteiger partial charge in [-0.2, -0.15) is 0 Å². The van der Waals surface area contributed by atoms with Crippen LogP contribution in [0.3, 0.4) is 0 Å². The Morgan fingerprint density at radius 3 is 2.40 bits per heavy atom. The van der Waals surface area contributed by atoms with Gasteiger partial charge in [-0.3, -0.25) is 14.2 Å². The molecule has 222 valence electrons. The van der Waals surface area contributed by atoms with Crippen molar-refractivity contribution in [1.82, 2.24) is 14.9 Å². The summed E-state index contributed by atoms with van der Waals surface area (Å²) in [5.41, 5.74) is 1.35. The highest BCUT2D eigenvalue weighted by molar-refractivity contribution is 7.22. The van der Waals surface area contributed by atoms with Crippen LogP contribution < -0.4 is 15.6 Å². The quantitative estimate of drug-likeness (QED) is 0.214. The number of benzene rings is 2. The van der Waals surface area contributed by atoms with E-state index < -0.39 is 23.3 Å². The van der Waals surface area contributed by atoms with E-state index in [2.05, 4.69) is 10.3 Å². The van der Waals surface area contributed by atoms with Gasteiger partial charge in [0.15, 0.2) is 0 Å². The molecule has 4 rings (SSSR count). The number of carbonyl (C=O) groups excluding carboxylic acids is 2. The van der Waals surface area contributed by atoms with Crippen molar-refractivity contribution in [2.45, 2.75) is 59.2 Å². The molecule has 0 radical (unpaired) electrons. The highest BCUT2D eigenvalue weighted by atomic mass is 35.5. The van der Waals surface area contributed by atoms with Crippen LogP contribution in [0.25, 0.3) is 26.3 Å². The van der Waals surface area contributed by atoms with Crippen LogP contribution in [0.5, 0.6) is 5.75 Å². The first-order chi connectivity index (χ1) is 19.7. The molecule has 0 aliphatic rings. The molecule has 0 fully saturated rings. The van der Waals surface area contributed by atoms with Gasteiger partial charge in [-0.1, -0.05) is 30.7 Å². The number of aromatic nitrogens is 2. The molecule has 0 unspecified atom stereocenters. The fourth-order valence-electron chi connectivity index (χ4n) is 4.07. The molecule has 4 aromatic rings. The summed E-state index contributed by atoms with van der Waals surface area (Å²) in [6, 6.07) is 14.9. The highest BCUT2D eigenvalue weighted by Crippen LogP contribution is 2.32. The van der Waals surface area contributed by atoms with E-state index in [1.807, 2.05) is 43.3 Å². The van der Waals surface area contributed by atoms with Crippen LogP contribution in [0.15, 0.2) is 59.7 Å². The van der Waals surface area contributed by atoms with Gasteiger partial charge in [-0.25, -0.2) is 9.78 Å². The van der Waals surface area contributed by atoms with Crippen molar-refractivity contribution in [1.29, 1.82) is 0 Å². The lowest BCUT2D eigenvalue weighted by atomic mass is 10.1. The van der Waals surface area contributed by atoms with Crippen molar-refractivity contribution in [3.8, 4) is 21.9 Å². The lowest BCUT2D eigenvalue weighted by Gasteiger charge is -2.26. The van der Waals surface area contributed by atoms with Crippen LogP contribution in [0.1, 0.15) is 47.1 Å². The molecule has 11 heteroatoms. The van der Waals surface area contributed by atoms with Gasteiger partial charge in [0.25, 0.3) is 5.56 Å². The molecule has 0 aliphatic heterocycles. The summed E-state index contributed by atoms with van der Waals surface area (Å²) in [5, 5.41) is 3.04. The second-order valence-electron chi connectivity index (χ2n) is 11.3. The summed E-state index contributed by atoms with van der Waals surface area (Å²) in [6.07, 6.45) is 1.48. The highest BCUT2D eigenvalue weighted by Gasteiger charge is 2.25. The number of aryl methyl sites for hydroxylation is 1. The van der Waals surface area contributed by atoms with Crippen LogP contribution in [0.4, 0.5) is 4.79 Å². The van der Waals surface area contributed by atoms with E-state index in [-0.39, 0.29) is 18.7 Å². The van der Waals surface area contributed by atoms with Crippen LogP contribution in [0, 0.1) is 0 Å². The van der Waals surface area contributed by atoms with Crippen molar-refractivity contribution in [2.75, 3.05) is 13.2 Å². The Morgan fingerprint density at radius 1 is 1.02 bits per heavy atom. The van der Waals surface area contributed by atoms with Crippen LogP contribution in [-0.2, 0) is 20.7 Å². The van der Waals surface area contributed by atoms with Crippen LogP contribution in [0.2, 0.25) is 5.02 Å². The molecule has 0 spiro atoms. The SMILES string of the molecule is CCc1cc(-n2cnc3cc(-c4ccc(Cl)cc4)sc3c2=O)ccc1OCC(C)(C)OC(=O)CNC(=O)OC(C)(C)C. The van der Waals surface area contributed by atoms with E-state index in [9.17, 15) is 14.4 Å². The van der Waals surface area contributed by atoms with Gasteiger partial charge >= 0.3 is 12.1 Å². The minimum absolute atomic E-state index is 0.0770. The number of hydrogen-bond acceptors (Lipinski definition) is 8. The number of fused-ring (bicyclic) bond motifs is 1. The topological polar surface area (TPSA) is 109 Å². The fourth-order valence-corrected chi connectivity index (χ4v) is 5.24. The van der Waals surface area contributed by atoms with E-state index >= 15 is 0 Å². The fraction of sp³-hybridized carbons (Fsp3) is 0.355. The first-order valence-corrected chi connectivity index (χ1v) is 14.7. The molecule has 2 aromatic heterocycles. The Kier molecular flexibility index (Phi) is 9.27. The van der Waals surface area contributed by atoms with Crippen molar-refractivity contribution >= 4 is 45.2 Å². The molecule has 0 saturated carbocycles. The van der Waals surface area contributed by atoms with Gasteiger partial charge < -0.3 is 19.5 Å². The summed E-state index contributed by atoms with van der Waals surface area (Å²) < 4.78 is 18.8. The number of alkyl carbamates (subject to hydrolysis) is 1. The third-order valence-corrected chi connectivity index (χ3v) is 7.42. The Hall–Kier alpha value is -3.89. The van der Waals surface area contributed by atoms with Gasteiger partial charge in [0, 0.05) is 9.90 Å². The van der Waals surface area contributed by atoms with Gasteiger partial charge in [0.2, 0.25) is 0 Å². The zero-order chi connectivity index (χ0) is 30.7. The Morgan fingerprint density at radius 2 is 1.74 bits per heavy atom. The number of esters is 1. The van der Waals surface area contributed by atoms with E-state index in [1.165, 1.54) is 22.2 Å². The second-order valence-corrected chi connectivity index (χ2v) is 12.8. The Labute approximate surface area is 253 Å². The van der Waals surface area contributed by atoms with Gasteiger partial charge in [-0.15, -0.1) is 11.3 Å². The molecular weight excluding hydrogens is 578 g/mol. The summed E-state index contributed by atoms with van der Waals surface area (Å²) in [5.74, 6) is -0.00363. The third-order valence-electron chi connectivity index (χ3n) is 6.01. The average Bonchev–Trinajstić information content (AvgIpc) is 3.36. The summed E-state index contributed by atoms with van der Waals surface area (Å²) in [7, 11) is 0. The maximum atomic E-state index is 13.4. The molecular formula is C31H34ClN3O6S. The zero-order valence-electron chi connectivity index (χ0n) is 24.4. The lowest BCUT2D eigenvalue weighted by molar-refractivity contribution is -0.157. The monoisotopic (exact) mass is 611 g/mol. The van der Waals surface area contributed by atoms with Gasteiger partial charge in [-0.05, 0) is 88.6 Å². The zero-order valence-corrected chi connectivity index (χ0v) is 26.0. The number of thiophene rings is 1. The molecule has 1 amide bonds. The van der Waals surface area contributed by atoms with Crippen molar-refractivity contribution < 1.29 is 23.8 Å². The number of nitrogens with one attached hydrogen (secondary N) is 1. The van der Waals surface area contributed by atoms with Crippen molar-refractivity contribution in [3.05, 3.63) is 75.8 Å². The van der Waals surface area contributed by atoms with Crippen molar-refractivity contribution in [2.24, 2.45) is 0 Å².